The van der Waals surface area contributed by atoms with Crippen molar-refractivity contribution in [2.75, 3.05) is 0 Å². The molecule has 0 aromatic carbocycles. The van der Waals surface area contributed by atoms with Crippen LogP contribution in [0.4, 0.5) is 0 Å². The molecule has 2 heterocycles. The van der Waals surface area contributed by atoms with Crippen LogP contribution in [0.2, 0.25) is 0 Å². The number of aromatic amines is 1. The highest BCUT2D eigenvalue weighted by Gasteiger charge is 2.09. The van der Waals surface area contributed by atoms with Crippen LogP contribution in [0, 0.1) is 0 Å². The van der Waals surface area contributed by atoms with Crippen LogP contribution in [0.1, 0.15) is 6.92 Å². The molecule has 8 heteroatoms. The molecule has 2 rings (SSSR count). The van der Waals surface area contributed by atoms with Gasteiger partial charge in [0.15, 0.2) is 0 Å². The standard InChI is InChI=1S/C12H15N5O3/c1-9(7-16-6-2-5-13-16)14-11(19)8-17-12(20)4-3-10(18)15-17/h2-6,9H,7-8H2,1H3,(H,14,19)(H,15,18)/t9-/m0/s1. The lowest BCUT2D eigenvalue weighted by Crippen LogP contribution is -2.41. The highest BCUT2D eigenvalue weighted by atomic mass is 16.2. The predicted octanol–water partition coefficient (Wildman–Crippen LogP) is -1.06. The number of H-pyrrole nitrogens is 1. The zero-order valence-corrected chi connectivity index (χ0v) is 10.9. The fourth-order valence-corrected chi connectivity index (χ4v) is 1.78. The first-order valence-corrected chi connectivity index (χ1v) is 6.11. The molecule has 0 fully saturated rings. The highest BCUT2D eigenvalue weighted by molar-refractivity contribution is 5.75. The van der Waals surface area contributed by atoms with Gasteiger partial charge in [0.25, 0.3) is 11.1 Å². The molecule has 0 unspecified atom stereocenters. The smallest absolute Gasteiger partial charge is 0.265 e. The van der Waals surface area contributed by atoms with Gasteiger partial charge in [-0.1, -0.05) is 0 Å². The molecule has 0 spiro atoms. The van der Waals surface area contributed by atoms with E-state index in [1.807, 2.05) is 6.92 Å². The SMILES string of the molecule is C[C@@H](Cn1cccn1)NC(=O)Cn1[nH]c(=O)ccc1=O. The third-order valence-electron chi connectivity index (χ3n) is 2.62. The topological polar surface area (TPSA) is 102 Å². The van der Waals surface area contributed by atoms with Gasteiger partial charge in [-0.05, 0) is 13.0 Å². The average Bonchev–Trinajstić information content (AvgIpc) is 2.86. The molecule has 0 aliphatic heterocycles. The third-order valence-corrected chi connectivity index (χ3v) is 2.62. The Balaban J connectivity index is 1.93. The maximum atomic E-state index is 11.8. The normalized spacial score (nSPS) is 12.1. The van der Waals surface area contributed by atoms with Crippen molar-refractivity contribution in [3.63, 3.8) is 0 Å². The van der Waals surface area contributed by atoms with E-state index in [1.165, 1.54) is 0 Å². The Morgan fingerprint density at radius 3 is 2.95 bits per heavy atom. The zero-order chi connectivity index (χ0) is 14.5. The number of amides is 1. The first kappa shape index (κ1) is 13.8. The monoisotopic (exact) mass is 277 g/mol. The van der Waals surface area contributed by atoms with E-state index in [0.29, 0.717) is 6.54 Å². The summed E-state index contributed by atoms with van der Waals surface area (Å²) in [5, 5.41) is 9.06. The molecule has 2 aromatic rings. The fraction of sp³-hybridized carbons (Fsp3) is 0.333. The molecule has 0 bridgehead atoms. The van der Waals surface area contributed by atoms with Crippen molar-refractivity contribution < 1.29 is 4.79 Å². The molecule has 0 saturated carbocycles. The Hall–Kier alpha value is -2.64. The Morgan fingerprint density at radius 1 is 1.45 bits per heavy atom. The number of nitrogens with one attached hydrogen (secondary N) is 2. The molecular formula is C12H15N5O3. The minimum atomic E-state index is -0.431. The predicted molar refractivity (Wildman–Crippen MR) is 71.2 cm³/mol. The van der Waals surface area contributed by atoms with Crippen LogP contribution in [0.3, 0.4) is 0 Å². The van der Waals surface area contributed by atoms with Crippen molar-refractivity contribution in [2.45, 2.75) is 26.1 Å². The van der Waals surface area contributed by atoms with E-state index in [-0.39, 0.29) is 18.5 Å². The number of aromatic nitrogens is 4. The number of hydrogen-bond acceptors (Lipinski definition) is 4. The van der Waals surface area contributed by atoms with Gasteiger partial charge in [0.1, 0.15) is 6.54 Å². The second kappa shape index (κ2) is 6.00. The summed E-state index contributed by atoms with van der Waals surface area (Å²) < 4.78 is 2.67. The largest absolute Gasteiger partial charge is 0.350 e. The number of carbonyl (C=O) groups is 1. The first-order valence-electron chi connectivity index (χ1n) is 6.11. The minimum Gasteiger partial charge on any atom is -0.350 e. The van der Waals surface area contributed by atoms with Gasteiger partial charge in [0.05, 0.1) is 6.54 Å². The van der Waals surface area contributed by atoms with Crippen LogP contribution >= 0.6 is 0 Å². The second-order valence-electron chi connectivity index (χ2n) is 4.43. The van der Waals surface area contributed by atoms with E-state index in [2.05, 4.69) is 15.5 Å². The summed E-state index contributed by atoms with van der Waals surface area (Å²) in [7, 11) is 0. The molecular weight excluding hydrogens is 262 g/mol. The van der Waals surface area contributed by atoms with Gasteiger partial charge < -0.3 is 5.32 Å². The average molecular weight is 277 g/mol. The number of hydrogen-bond donors (Lipinski definition) is 2. The second-order valence-corrected chi connectivity index (χ2v) is 4.43. The summed E-state index contributed by atoms with van der Waals surface area (Å²) in [4.78, 5) is 34.3. The molecule has 2 N–H and O–H groups in total. The van der Waals surface area contributed by atoms with Gasteiger partial charge in [0, 0.05) is 30.6 Å². The maximum Gasteiger partial charge on any atom is 0.265 e. The third kappa shape index (κ3) is 3.67. The minimum absolute atomic E-state index is 0.145. The molecule has 106 valence electrons. The Labute approximate surface area is 114 Å². The molecule has 8 nitrogen and oxygen atoms in total. The molecule has 2 aromatic heterocycles. The van der Waals surface area contributed by atoms with E-state index in [9.17, 15) is 14.4 Å². The van der Waals surface area contributed by atoms with Gasteiger partial charge >= 0.3 is 0 Å². The molecule has 20 heavy (non-hydrogen) atoms. The zero-order valence-electron chi connectivity index (χ0n) is 10.9. The molecule has 1 atom stereocenters. The summed E-state index contributed by atoms with van der Waals surface area (Å²) >= 11 is 0. The van der Waals surface area contributed by atoms with E-state index in [4.69, 9.17) is 0 Å². The van der Waals surface area contributed by atoms with Crippen molar-refractivity contribution in [2.24, 2.45) is 0 Å². The van der Waals surface area contributed by atoms with Crippen LogP contribution < -0.4 is 16.4 Å². The number of carbonyl (C=O) groups excluding carboxylic acids is 1. The highest BCUT2D eigenvalue weighted by Crippen LogP contribution is 1.90. The lowest BCUT2D eigenvalue weighted by molar-refractivity contribution is -0.122. The van der Waals surface area contributed by atoms with Crippen LogP contribution in [0.25, 0.3) is 0 Å². The summed E-state index contributed by atoms with van der Waals surface area (Å²) in [5.41, 5.74) is -0.860. The number of rotatable bonds is 5. The van der Waals surface area contributed by atoms with Crippen LogP contribution in [-0.4, -0.2) is 31.5 Å². The van der Waals surface area contributed by atoms with E-state index in [1.54, 1.807) is 23.1 Å². The quantitative estimate of drug-likeness (QED) is 0.727. The lowest BCUT2D eigenvalue weighted by Gasteiger charge is -2.14. The molecule has 0 radical (unpaired) electrons. The van der Waals surface area contributed by atoms with Crippen molar-refractivity contribution >= 4 is 5.91 Å². The molecule has 1 amide bonds. The van der Waals surface area contributed by atoms with Crippen molar-refractivity contribution in [3.05, 3.63) is 51.3 Å². The van der Waals surface area contributed by atoms with Gasteiger partial charge in [-0.15, -0.1) is 0 Å². The molecule has 0 aliphatic carbocycles. The lowest BCUT2D eigenvalue weighted by atomic mass is 10.3. The van der Waals surface area contributed by atoms with Crippen molar-refractivity contribution in [3.8, 4) is 0 Å². The van der Waals surface area contributed by atoms with Gasteiger partial charge in [-0.2, -0.15) is 5.10 Å². The molecule has 0 saturated heterocycles. The first-order chi connectivity index (χ1) is 9.54. The number of nitrogens with zero attached hydrogens (tertiary/aromatic N) is 3. The summed E-state index contributed by atoms with van der Waals surface area (Å²) in [6, 6.07) is 3.90. The Kier molecular flexibility index (Phi) is 4.14. The van der Waals surface area contributed by atoms with E-state index < -0.39 is 11.1 Å². The van der Waals surface area contributed by atoms with E-state index >= 15 is 0 Å². The van der Waals surface area contributed by atoms with Crippen molar-refractivity contribution in [1.82, 2.24) is 24.9 Å². The van der Waals surface area contributed by atoms with Gasteiger partial charge in [-0.3, -0.25) is 24.2 Å². The summed E-state index contributed by atoms with van der Waals surface area (Å²) in [6.07, 6.45) is 3.45. The summed E-state index contributed by atoms with van der Waals surface area (Å²) in [6.45, 7) is 2.13. The summed E-state index contributed by atoms with van der Waals surface area (Å²) in [5.74, 6) is -0.353. The van der Waals surface area contributed by atoms with Crippen LogP contribution in [0.15, 0.2) is 40.2 Å². The van der Waals surface area contributed by atoms with E-state index in [0.717, 1.165) is 16.8 Å². The Morgan fingerprint density at radius 2 is 2.25 bits per heavy atom. The van der Waals surface area contributed by atoms with Gasteiger partial charge in [0.2, 0.25) is 5.91 Å². The van der Waals surface area contributed by atoms with Gasteiger partial charge in [-0.25, -0.2) is 4.68 Å². The Bertz CT molecular complexity index is 686. The van der Waals surface area contributed by atoms with Crippen molar-refractivity contribution in [1.29, 1.82) is 0 Å². The van der Waals surface area contributed by atoms with Crippen LogP contribution in [-0.2, 0) is 17.9 Å². The maximum absolute atomic E-state index is 11.8. The fourth-order valence-electron chi connectivity index (χ4n) is 1.78. The van der Waals surface area contributed by atoms with Crippen LogP contribution in [0.5, 0.6) is 0 Å². The molecule has 0 aliphatic rings.